The summed E-state index contributed by atoms with van der Waals surface area (Å²) in [5.74, 6) is -0.588. The SMILES string of the molecule is Cc1cc(C)c(C(=O)Nn2c(-c3ccc(F)cc3)nc3ccccc3c2=O)cc1C. The van der Waals surface area contributed by atoms with Gasteiger partial charge < -0.3 is 0 Å². The number of halogens is 1. The predicted molar refractivity (Wildman–Crippen MR) is 116 cm³/mol. The average Bonchev–Trinajstić information content (AvgIpc) is 2.73. The summed E-state index contributed by atoms with van der Waals surface area (Å²) in [6.07, 6.45) is 0. The van der Waals surface area contributed by atoms with Crippen molar-refractivity contribution in [1.29, 1.82) is 0 Å². The third-order valence-corrected chi connectivity index (χ3v) is 5.18. The van der Waals surface area contributed by atoms with Gasteiger partial charge in [0, 0.05) is 11.1 Å². The molecule has 0 unspecified atom stereocenters. The van der Waals surface area contributed by atoms with Crippen molar-refractivity contribution in [2.45, 2.75) is 20.8 Å². The van der Waals surface area contributed by atoms with Gasteiger partial charge in [0.1, 0.15) is 5.82 Å². The first-order chi connectivity index (χ1) is 14.3. The van der Waals surface area contributed by atoms with E-state index in [-0.39, 0.29) is 5.82 Å². The van der Waals surface area contributed by atoms with E-state index in [1.54, 1.807) is 30.3 Å². The highest BCUT2D eigenvalue weighted by molar-refractivity contribution is 6.01. The lowest BCUT2D eigenvalue weighted by molar-refractivity contribution is 0.101. The third-order valence-electron chi connectivity index (χ3n) is 5.18. The molecule has 0 aliphatic heterocycles. The highest BCUT2D eigenvalue weighted by Gasteiger charge is 2.17. The topological polar surface area (TPSA) is 64.0 Å². The molecule has 0 bridgehead atoms. The fourth-order valence-corrected chi connectivity index (χ4v) is 3.40. The molecule has 0 radical (unpaired) electrons. The van der Waals surface area contributed by atoms with Gasteiger partial charge in [-0.15, -0.1) is 0 Å². The smallest absolute Gasteiger partial charge is 0.267 e. The minimum Gasteiger partial charge on any atom is -0.267 e. The van der Waals surface area contributed by atoms with Gasteiger partial charge in [0.25, 0.3) is 11.5 Å². The number of aromatic nitrogens is 2. The van der Waals surface area contributed by atoms with E-state index in [1.807, 2.05) is 26.8 Å². The monoisotopic (exact) mass is 401 g/mol. The Kier molecular flexibility index (Phi) is 4.91. The minimum atomic E-state index is -0.418. The fraction of sp³-hybridized carbons (Fsp3) is 0.125. The van der Waals surface area contributed by atoms with Crippen molar-refractivity contribution < 1.29 is 9.18 Å². The Hall–Kier alpha value is -3.80. The van der Waals surface area contributed by atoms with Crippen LogP contribution in [0.1, 0.15) is 27.0 Å². The molecule has 3 aromatic carbocycles. The quantitative estimate of drug-likeness (QED) is 0.549. The Bertz CT molecular complexity index is 1340. The molecule has 0 saturated heterocycles. The summed E-state index contributed by atoms with van der Waals surface area (Å²) in [6, 6.07) is 16.3. The number of nitrogens with zero attached hydrogens (tertiary/aromatic N) is 2. The van der Waals surface area contributed by atoms with Crippen molar-refractivity contribution in [3.63, 3.8) is 0 Å². The van der Waals surface area contributed by atoms with Gasteiger partial charge in [0.05, 0.1) is 10.9 Å². The highest BCUT2D eigenvalue weighted by Crippen LogP contribution is 2.20. The lowest BCUT2D eigenvalue weighted by Crippen LogP contribution is -2.35. The summed E-state index contributed by atoms with van der Waals surface area (Å²) >= 11 is 0. The zero-order valence-electron chi connectivity index (χ0n) is 16.9. The molecule has 0 fully saturated rings. The molecule has 0 spiro atoms. The molecule has 0 saturated carbocycles. The highest BCUT2D eigenvalue weighted by atomic mass is 19.1. The van der Waals surface area contributed by atoms with Crippen LogP contribution < -0.4 is 11.0 Å². The number of nitrogens with one attached hydrogen (secondary N) is 1. The van der Waals surface area contributed by atoms with E-state index in [2.05, 4.69) is 10.4 Å². The predicted octanol–water partition coefficient (Wildman–Crippen LogP) is 4.51. The summed E-state index contributed by atoms with van der Waals surface area (Å²) < 4.78 is 14.6. The van der Waals surface area contributed by atoms with Gasteiger partial charge in [-0.05, 0) is 79.9 Å². The van der Waals surface area contributed by atoms with E-state index in [1.165, 1.54) is 24.3 Å². The van der Waals surface area contributed by atoms with E-state index in [0.717, 1.165) is 21.4 Å². The fourth-order valence-electron chi connectivity index (χ4n) is 3.40. The first kappa shape index (κ1) is 19.5. The van der Waals surface area contributed by atoms with Crippen LogP contribution in [0.25, 0.3) is 22.3 Å². The number of carbonyl (C=O) groups excluding carboxylic acids is 1. The number of rotatable bonds is 3. The number of fused-ring (bicyclic) bond motifs is 1. The van der Waals surface area contributed by atoms with E-state index >= 15 is 0 Å². The molecule has 1 aromatic heterocycles. The maximum Gasteiger partial charge on any atom is 0.280 e. The molecule has 4 rings (SSSR count). The second kappa shape index (κ2) is 7.55. The molecule has 0 atom stereocenters. The number of hydrogen-bond acceptors (Lipinski definition) is 3. The van der Waals surface area contributed by atoms with Crippen molar-refractivity contribution in [3.05, 3.63) is 99.1 Å². The molecular weight excluding hydrogens is 381 g/mol. The third kappa shape index (κ3) is 3.48. The standard InChI is InChI=1S/C24H20FN3O2/c1-14-12-16(3)20(13-15(14)2)23(29)27-28-22(17-8-10-18(25)11-9-17)26-21-7-5-4-6-19(21)24(28)30/h4-13H,1-3H3,(H,27,29). The van der Waals surface area contributed by atoms with Gasteiger partial charge >= 0.3 is 0 Å². The lowest BCUT2D eigenvalue weighted by atomic mass is 10.0. The molecule has 0 aliphatic carbocycles. The van der Waals surface area contributed by atoms with Gasteiger partial charge in [-0.3, -0.25) is 15.0 Å². The Morgan fingerprint density at radius 1 is 0.933 bits per heavy atom. The normalized spacial score (nSPS) is 10.9. The van der Waals surface area contributed by atoms with Crippen LogP contribution in [0.2, 0.25) is 0 Å². The molecule has 1 amide bonds. The van der Waals surface area contributed by atoms with Gasteiger partial charge in [-0.25, -0.2) is 9.37 Å². The number of benzene rings is 3. The van der Waals surface area contributed by atoms with Crippen LogP contribution in [0, 0.1) is 26.6 Å². The first-order valence-electron chi connectivity index (χ1n) is 9.52. The van der Waals surface area contributed by atoms with E-state index in [4.69, 9.17) is 0 Å². The zero-order valence-corrected chi connectivity index (χ0v) is 16.9. The van der Waals surface area contributed by atoms with Crippen molar-refractivity contribution in [2.75, 3.05) is 5.43 Å². The molecular formula is C24H20FN3O2. The average molecular weight is 401 g/mol. The van der Waals surface area contributed by atoms with E-state index in [0.29, 0.717) is 22.0 Å². The van der Waals surface area contributed by atoms with Crippen LogP contribution in [-0.2, 0) is 0 Å². The van der Waals surface area contributed by atoms with Gasteiger partial charge in [0.2, 0.25) is 0 Å². The first-order valence-corrected chi connectivity index (χ1v) is 9.52. The van der Waals surface area contributed by atoms with Crippen LogP contribution in [0.15, 0.2) is 65.5 Å². The maximum absolute atomic E-state index is 13.4. The molecule has 30 heavy (non-hydrogen) atoms. The van der Waals surface area contributed by atoms with Crippen LogP contribution in [0.4, 0.5) is 4.39 Å². The van der Waals surface area contributed by atoms with Crippen LogP contribution in [-0.4, -0.2) is 15.6 Å². The van der Waals surface area contributed by atoms with Gasteiger partial charge in [0.15, 0.2) is 5.82 Å². The van der Waals surface area contributed by atoms with E-state index in [9.17, 15) is 14.0 Å². The summed E-state index contributed by atoms with van der Waals surface area (Å²) in [5, 5.41) is 0.375. The van der Waals surface area contributed by atoms with E-state index < -0.39 is 17.3 Å². The van der Waals surface area contributed by atoms with Crippen LogP contribution >= 0.6 is 0 Å². The van der Waals surface area contributed by atoms with Crippen LogP contribution in [0.3, 0.4) is 0 Å². The largest absolute Gasteiger partial charge is 0.280 e. The number of hydrogen-bond donors (Lipinski definition) is 1. The molecule has 1 N–H and O–H groups in total. The number of amides is 1. The van der Waals surface area contributed by atoms with Crippen molar-refractivity contribution in [2.24, 2.45) is 0 Å². The Morgan fingerprint density at radius 3 is 2.33 bits per heavy atom. The summed E-state index contributed by atoms with van der Waals surface area (Å²) in [4.78, 5) is 30.8. The lowest BCUT2D eigenvalue weighted by Gasteiger charge is -2.16. The molecule has 1 heterocycles. The minimum absolute atomic E-state index is 0.230. The van der Waals surface area contributed by atoms with Crippen molar-refractivity contribution in [3.8, 4) is 11.4 Å². The molecule has 5 nitrogen and oxygen atoms in total. The summed E-state index contributed by atoms with van der Waals surface area (Å²) in [7, 11) is 0. The zero-order chi connectivity index (χ0) is 21.4. The summed E-state index contributed by atoms with van der Waals surface area (Å²) in [6.45, 7) is 5.76. The van der Waals surface area contributed by atoms with Gasteiger partial charge in [-0.1, -0.05) is 18.2 Å². The van der Waals surface area contributed by atoms with Crippen molar-refractivity contribution in [1.82, 2.24) is 9.66 Å². The molecule has 4 aromatic rings. The molecule has 0 aliphatic rings. The summed E-state index contributed by atoms with van der Waals surface area (Å²) in [5.41, 5.74) is 6.64. The Morgan fingerprint density at radius 2 is 1.60 bits per heavy atom. The number of carbonyl (C=O) groups is 1. The Balaban J connectivity index is 1.89. The Labute approximate surface area is 172 Å². The van der Waals surface area contributed by atoms with Crippen molar-refractivity contribution >= 4 is 16.8 Å². The second-order valence-corrected chi connectivity index (χ2v) is 7.29. The molecule has 150 valence electrons. The molecule has 6 heteroatoms. The second-order valence-electron chi connectivity index (χ2n) is 7.29. The maximum atomic E-state index is 13.4. The van der Waals surface area contributed by atoms with Gasteiger partial charge in [-0.2, -0.15) is 4.68 Å². The van der Waals surface area contributed by atoms with Crippen LogP contribution in [0.5, 0.6) is 0 Å². The number of para-hydroxylation sites is 1. The number of aryl methyl sites for hydroxylation is 3.